The summed E-state index contributed by atoms with van der Waals surface area (Å²) >= 11 is 3.41. The highest BCUT2D eigenvalue weighted by molar-refractivity contribution is 9.10. The molecule has 18 heavy (non-hydrogen) atoms. The molecule has 2 heterocycles. The lowest BCUT2D eigenvalue weighted by Gasteiger charge is -2.17. The Morgan fingerprint density at radius 1 is 1.50 bits per heavy atom. The molecule has 2 rings (SSSR count). The third-order valence-electron chi connectivity index (χ3n) is 2.74. The normalized spacial score (nSPS) is 13.2. The molecule has 2 aromatic rings. The predicted octanol–water partition coefficient (Wildman–Crippen LogP) is 2.24. The van der Waals surface area contributed by atoms with Gasteiger partial charge in [0.05, 0.1) is 0 Å². The molecule has 0 aliphatic carbocycles. The van der Waals surface area contributed by atoms with Crippen molar-refractivity contribution in [3.05, 3.63) is 23.2 Å². The lowest BCUT2D eigenvalue weighted by Crippen LogP contribution is -2.23. The minimum Gasteiger partial charge on any atom is -0.364 e. The fourth-order valence-corrected chi connectivity index (χ4v) is 2.15. The molecule has 1 unspecified atom stereocenters. The number of nitrogens with one attached hydrogen (secondary N) is 1. The molecule has 6 heteroatoms. The smallest absolute Gasteiger partial charge is 0.180 e. The molecule has 0 radical (unpaired) electrons. The van der Waals surface area contributed by atoms with E-state index < -0.39 is 0 Å². The van der Waals surface area contributed by atoms with Crippen molar-refractivity contribution in [1.82, 2.24) is 19.3 Å². The Bertz CT molecular complexity index is 522. The second-order valence-corrected chi connectivity index (χ2v) is 5.52. The van der Waals surface area contributed by atoms with Crippen LogP contribution in [0.2, 0.25) is 0 Å². The van der Waals surface area contributed by atoms with Gasteiger partial charge in [-0.15, -0.1) is 0 Å². The van der Waals surface area contributed by atoms with Gasteiger partial charge in [0.2, 0.25) is 0 Å². The number of halogens is 1. The van der Waals surface area contributed by atoms with E-state index in [1.807, 2.05) is 16.8 Å². The molecule has 2 aromatic heterocycles. The van der Waals surface area contributed by atoms with Crippen LogP contribution in [0.5, 0.6) is 0 Å². The second kappa shape index (κ2) is 5.67. The van der Waals surface area contributed by atoms with Crippen LogP contribution in [0.25, 0.3) is 5.65 Å². The van der Waals surface area contributed by atoms with Crippen LogP contribution < -0.4 is 5.32 Å². The van der Waals surface area contributed by atoms with Gasteiger partial charge in [-0.1, -0.05) is 0 Å². The molecule has 98 valence electrons. The zero-order valence-corrected chi connectivity index (χ0v) is 12.5. The van der Waals surface area contributed by atoms with Gasteiger partial charge in [-0.25, -0.2) is 9.97 Å². The van der Waals surface area contributed by atoms with Crippen LogP contribution in [0.3, 0.4) is 0 Å². The van der Waals surface area contributed by atoms with Crippen molar-refractivity contribution in [1.29, 1.82) is 0 Å². The van der Waals surface area contributed by atoms with Crippen molar-refractivity contribution in [2.45, 2.75) is 19.4 Å². The van der Waals surface area contributed by atoms with E-state index in [-0.39, 0.29) is 0 Å². The van der Waals surface area contributed by atoms with E-state index in [1.165, 1.54) is 0 Å². The SMILES string of the molecule is CC(CCN(C)C)Nc1nc(Br)cn2ccnc12. The standard InChI is InChI=1S/C12H18BrN5/c1-9(4-6-17(2)3)15-11-12-14-5-7-18(12)8-10(13)16-11/h5,7-9H,4,6H2,1-3H3,(H,15,16). The third-order valence-corrected chi connectivity index (χ3v) is 3.12. The summed E-state index contributed by atoms with van der Waals surface area (Å²) in [6, 6.07) is 0.356. The molecule has 0 spiro atoms. The molecular formula is C12H18BrN5. The second-order valence-electron chi connectivity index (χ2n) is 4.71. The van der Waals surface area contributed by atoms with Crippen LogP contribution in [0.1, 0.15) is 13.3 Å². The Hall–Kier alpha value is -1.14. The van der Waals surface area contributed by atoms with Gasteiger partial charge in [0.15, 0.2) is 11.5 Å². The molecule has 0 aliphatic rings. The third kappa shape index (κ3) is 3.20. The lowest BCUT2D eigenvalue weighted by molar-refractivity contribution is 0.390. The number of fused-ring (bicyclic) bond motifs is 1. The zero-order valence-electron chi connectivity index (χ0n) is 10.9. The highest BCUT2D eigenvalue weighted by atomic mass is 79.9. The molecule has 1 atom stereocenters. The first-order valence-corrected chi connectivity index (χ1v) is 6.76. The maximum Gasteiger partial charge on any atom is 0.180 e. The summed E-state index contributed by atoms with van der Waals surface area (Å²) in [5, 5.41) is 3.42. The van der Waals surface area contributed by atoms with E-state index >= 15 is 0 Å². The molecular weight excluding hydrogens is 294 g/mol. The number of hydrogen-bond donors (Lipinski definition) is 1. The first-order chi connectivity index (χ1) is 8.56. The summed E-state index contributed by atoms with van der Waals surface area (Å²) in [5.74, 6) is 0.820. The zero-order chi connectivity index (χ0) is 13.1. The number of nitrogens with zero attached hydrogens (tertiary/aromatic N) is 4. The van der Waals surface area contributed by atoms with E-state index in [0.717, 1.165) is 29.0 Å². The van der Waals surface area contributed by atoms with Crippen molar-refractivity contribution in [3.63, 3.8) is 0 Å². The fourth-order valence-electron chi connectivity index (χ4n) is 1.76. The van der Waals surface area contributed by atoms with E-state index in [9.17, 15) is 0 Å². The maximum absolute atomic E-state index is 4.45. The van der Waals surface area contributed by atoms with Crippen LogP contribution >= 0.6 is 15.9 Å². The van der Waals surface area contributed by atoms with Crippen molar-refractivity contribution < 1.29 is 0 Å². The van der Waals surface area contributed by atoms with Crippen LogP contribution in [0.4, 0.5) is 5.82 Å². The van der Waals surface area contributed by atoms with Crippen LogP contribution in [-0.4, -0.2) is 46.0 Å². The van der Waals surface area contributed by atoms with E-state index in [0.29, 0.717) is 6.04 Å². The Balaban J connectivity index is 2.13. The van der Waals surface area contributed by atoms with E-state index in [1.54, 1.807) is 6.20 Å². The van der Waals surface area contributed by atoms with Gasteiger partial charge in [-0.3, -0.25) is 0 Å². The number of anilines is 1. The molecule has 0 aliphatic heterocycles. The van der Waals surface area contributed by atoms with Crippen LogP contribution in [0, 0.1) is 0 Å². The van der Waals surface area contributed by atoms with Gasteiger partial charge in [-0.05, 0) is 49.9 Å². The van der Waals surface area contributed by atoms with Crippen molar-refractivity contribution in [3.8, 4) is 0 Å². The van der Waals surface area contributed by atoms with E-state index in [4.69, 9.17) is 0 Å². The molecule has 0 aromatic carbocycles. The maximum atomic E-state index is 4.45. The van der Waals surface area contributed by atoms with Gasteiger partial charge in [0, 0.05) is 24.6 Å². The number of imidazole rings is 1. The summed E-state index contributed by atoms with van der Waals surface area (Å²) in [5.41, 5.74) is 0.856. The van der Waals surface area contributed by atoms with Crippen LogP contribution in [-0.2, 0) is 0 Å². The molecule has 1 N–H and O–H groups in total. The summed E-state index contributed by atoms with van der Waals surface area (Å²) in [7, 11) is 4.16. The highest BCUT2D eigenvalue weighted by Crippen LogP contribution is 2.18. The predicted molar refractivity (Wildman–Crippen MR) is 76.9 cm³/mol. The summed E-state index contributed by atoms with van der Waals surface area (Å²) in [4.78, 5) is 10.9. The van der Waals surface area contributed by atoms with Gasteiger partial charge in [-0.2, -0.15) is 0 Å². The average molecular weight is 312 g/mol. The first kappa shape index (κ1) is 13.3. The minimum atomic E-state index is 0.356. The van der Waals surface area contributed by atoms with Crippen molar-refractivity contribution in [2.24, 2.45) is 0 Å². The molecule has 0 amide bonds. The Kier molecular flexibility index (Phi) is 4.19. The minimum absolute atomic E-state index is 0.356. The quantitative estimate of drug-likeness (QED) is 0.920. The van der Waals surface area contributed by atoms with Gasteiger partial charge in [0.25, 0.3) is 0 Å². The van der Waals surface area contributed by atoms with Gasteiger partial charge < -0.3 is 14.6 Å². The van der Waals surface area contributed by atoms with Crippen LogP contribution in [0.15, 0.2) is 23.2 Å². The Morgan fingerprint density at radius 3 is 3.00 bits per heavy atom. The monoisotopic (exact) mass is 311 g/mol. The highest BCUT2D eigenvalue weighted by Gasteiger charge is 2.09. The molecule has 0 saturated heterocycles. The fraction of sp³-hybridized carbons (Fsp3) is 0.500. The summed E-state index contributed by atoms with van der Waals surface area (Å²) < 4.78 is 2.76. The van der Waals surface area contributed by atoms with Crippen molar-refractivity contribution in [2.75, 3.05) is 26.0 Å². The first-order valence-electron chi connectivity index (χ1n) is 5.96. The molecule has 0 bridgehead atoms. The molecule has 5 nitrogen and oxygen atoms in total. The largest absolute Gasteiger partial charge is 0.364 e. The number of aromatic nitrogens is 3. The summed E-state index contributed by atoms with van der Waals surface area (Å²) in [6.07, 6.45) is 6.66. The number of hydrogen-bond acceptors (Lipinski definition) is 4. The van der Waals surface area contributed by atoms with Gasteiger partial charge in [0.1, 0.15) is 4.60 Å². The van der Waals surface area contributed by atoms with E-state index in [2.05, 4.69) is 57.1 Å². The molecule has 0 fully saturated rings. The average Bonchev–Trinajstić information content (AvgIpc) is 2.74. The lowest BCUT2D eigenvalue weighted by atomic mass is 10.2. The molecule has 0 saturated carbocycles. The van der Waals surface area contributed by atoms with Crippen molar-refractivity contribution >= 4 is 27.4 Å². The summed E-state index contributed by atoms with van der Waals surface area (Å²) in [6.45, 7) is 3.21. The Labute approximate surface area is 115 Å². The number of rotatable bonds is 5. The van der Waals surface area contributed by atoms with Gasteiger partial charge >= 0.3 is 0 Å². The Morgan fingerprint density at radius 2 is 2.28 bits per heavy atom. The topological polar surface area (TPSA) is 45.5 Å².